The molecule has 2 aromatic rings. The number of halogens is 1. The highest BCUT2D eigenvalue weighted by atomic mass is 35.5. The lowest BCUT2D eigenvalue weighted by Gasteiger charge is -2.16. The average Bonchev–Trinajstić information content (AvgIpc) is 2.83. The van der Waals surface area contributed by atoms with Crippen molar-refractivity contribution >= 4 is 11.6 Å². The van der Waals surface area contributed by atoms with Crippen molar-refractivity contribution in [2.45, 2.75) is 18.5 Å². The largest absolute Gasteiger partial charge is 0.326 e. The molecular formula is C17H19ClN2. The Bertz CT molecular complexity index is 570. The van der Waals surface area contributed by atoms with E-state index in [1.807, 2.05) is 24.3 Å². The highest BCUT2D eigenvalue weighted by Gasteiger charge is 2.31. The van der Waals surface area contributed by atoms with Gasteiger partial charge in [0.25, 0.3) is 0 Å². The smallest absolute Gasteiger partial charge is 0.0451 e. The molecule has 20 heavy (non-hydrogen) atoms. The molecule has 0 aromatic heterocycles. The fourth-order valence-electron chi connectivity index (χ4n) is 2.96. The third kappa shape index (κ3) is 2.88. The number of benzene rings is 2. The maximum Gasteiger partial charge on any atom is 0.0451 e. The summed E-state index contributed by atoms with van der Waals surface area (Å²) >= 11 is 6.23. The van der Waals surface area contributed by atoms with E-state index in [4.69, 9.17) is 17.3 Å². The van der Waals surface area contributed by atoms with Crippen LogP contribution in [0.4, 0.5) is 0 Å². The van der Waals surface area contributed by atoms with Crippen molar-refractivity contribution in [1.82, 2.24) is 4.90 Å². The molecule has 0 spiro atoms. The second-order valence-corrected chi connectivity index (χ2v) is 5.87. The molecule has 0 amide bonds. The van der Waals surface area contributed by atoms with Gasteiger partial charge in [0.2, 0.25) is 0 Å². The lowest BCUT2D eigenvalue weighted by atomic mass is 9.95. The van der Waals surface area contributed by atoms with Crippen LogP contribution in [-0.4, -0.2) is 24.0 Å². The van der Waals surface area contributed by atoms with Crippen LogP contribution < -0.4 is 5.73 Å². The van der Waals surface area contributed by atoms with Crippen LogP contribution in [0.25, 0.3) is 0 Å². The van der Waals surface area contributed by atoms with E-state index in [9.17, 15) is 0 Å². The van der Waals surface area contributed by atoms with Gasteiger partial charge < -0.3 is 5.73 Å². The SMILES string of the molecule is N[C@@H]1CN(Cc2ccccc2Cl)C[C@H]1c1ccccc1. The normalized spacial score (nSPS) is 23.1. The zero-order valence-corrected chi connectivity index (χ0v) is 12.1. The Kier molecular flexibility index (Phi) is 4.06. The maximum absolute atomic E-state index is 6.32. The van der Waals surface area contributed by atoms with Crippen LogP contribution in [0.1, 0.15) is 17.0 Å². The van der Waals surface area contributed by atoms with Gasteiger partial charge in [0, 0.05) is 36.6 Å². The second-order valence-electron chi connectivity index (χ2n) is 5.47. The van der Waals surface area contributed by atoms with Crippen molar-refractivity contribution < 1.29 is 0 Å². The summed E-state index contributed by atoms with van der Waals surface area (Å²) in [6.45, 7) is 2.79. The Morgan fingerprint density at radius 3 is 2.45 bits per heavy atom. The van der Waals surface area contributed by atoms with Crippen LogP contribution in [0.15, 0.2) is 54.6 Å². The van der Waals surface area contributed by atoms with Crippen molar-refractivity contribution in [3.63, 3.8) is 0 Å². The van der Waals surface area contributed by atoms with Crippen molar-refractivity contribution in [2.75, 3.05) is 13.1 Å². The minimum atomic E-state index is 0.194. The maximum atomic E-state index is 6.32. The third-order valence-corrected chi connectivity index (χ3v) is 4.39. The van der Waals surface area contributed by atoms with Gasteiger partial charge in [-0.1, -0.05) is 60.1 Å². The van der Waals surface area contributed by atoms with Gasteiger partial charge >= 0.3 is 0 Å². The fourth-order valence-corrected chi connectivity index (χ4v) is 3.16. The monoisotopic (exact) mass is 286 g/mol. The first-order valence-electron chi connectivity index (χ1n) is 7.00. The van der Waals surface area contributed by atoms with Crippen molar-refractivity contribution in [1.29, 1.82) is 0 Å². The van der Waals surface area contributed by atoms with Gasteiger partial charge in [-0.25, -0.2) is 0 Å². The standard InChI is InChI=1S/C17H19ClN2/c18-16-9-5-4-8-14(16)10-20-11-15(17(19)12-20)13-6-2-1-3-7-13/h1-9,15,17H,10-12,19H2/t15-,17+/m0/s1. The molecule has 0 bridgehead atoms. The van der Waals surface area contributed by atoms with Gasteiger partial charge in [0.05, 0.1) is 0 Å². The Balaban J connectivity index is 1.71. The number of rotatable bonds is 3. The predicted molar refractivity (Wildman–Crippen MR) is 83.9 cm³/mol. The van der Waals surface area contributed by atoms with E-state index in [0.29, 0.717) is 5.92 Å². The lowest BCUT2D eigenvalue weighted by molar-refractivity contribution is 0.324. The summed E-state index contributed by atoms with van der Waals surface area (Å²) in [7, 11) is 0. The highest BCUT2D eigenvalue weighted by molar-refractivity contribution is 6.31. The van der Waals surface area contributed by atoms with E-state index >= 15 is 0 Å². The third-order valence-electron chi connectivity index (χ3n) is 4.02. The molecule has 0 aliphatic carbocycles. The molecule has 1 fully saturated rings. The molecule has 2 atom stereocenters. The first-order valence-corrected chi connectivity index (χ1v) is 7.38. The predicted octanol–water partition coefficient (Wildman–Crippen LogP) is 3.27. The van der Waals surface area contributed by atoms with Gasteiger partial charge in [0.15, 0.2) is 0 Å². The minimum absolute atomic E-state index is 0.194. The van der Waals surface area contributed by atoms with Gasteiger partial charge in [0.1, 0.15) is 0 Å². The number of likely N-dealkylation sites (tertiary alicyclic amines) is 1. The second kappa shape index (κ2) is 5.96. The van der Waals surface area contributed by atoms with Crippen LogP contribution in [0, 0.1) is 0 Å². The van der Waals surface area contributed by atoms with E-state index in [2.05, 4.69) is 35.2 Å². The van der Waals surface area contributed by atoms with Crippen LogP contribution in [0.2, 0.25) is 5.02 Å². The van der Waals surface area contributed by atoms with E-state index in [1.165, 1.54) is 11.1 Å². The molecule has 2 aromatic carbocycles. The van der Waals surface area contributed by atoms with Crippen molar-refractivity contribution in [2.24, 2.45) is 5.73 Å². The molecular weight excluding hydrogens is 268 g/mol. The molecule has 3 rings (SSSR count). The molecule has 1 saturated heterocycles. The molecule has 2 nitrogen and oxygen atoms in total. The molecule has 0 radical (unpaired) electrons. The van der Waals surface area contributed by atoms with Gasteiger partial charge in [-0.05, 0) is 17.2 Å². The zero-order valence-electron chi connectivity index (χ0n) is 11.4. The van der Waals surface area contributed by atoms with Crippen LogP contribution in [0.5, 0.6) is 0 Å². The Labute approximate surface area is 125 Å². The summed E-state index contributed by atoms with van der Waals surface area (Å²) in [5.74, 6) is 0.415. The minimum Gasteiger partial charge on any atom is -0.326 e. The fraction of sp³-hybridized carbons (Fsp3) is 0.294. The number of hydrogen-bond acceptors (Lipinski definition) is 2. The summed E-state index contributed by atoms with van der Waals surface area (Å²) in [5, 5.41) is 0.837. The molecule has 104 valence electrons. The van der Waals surface area contributed by atoms with E-state index in [-0.39, 0.29) is 6.04 Å². The molecule has 2 N–H and O–H groups in total. The Morgan fingerprint density at radius 1 is 1.00 bits per heavy atom. The molecule has 3 heteroatoms. The summed E-state index contributed by atoms with van der Waals surface area (Å²) in [5.41, 5.74) is 8.83. The molecule has 1 aliphatic heterocycles. The first kappa shape index (κ1) is 13.6. The van der Waals surface area contributed by atoms with Crippen LogP contribution in [0.3, 0.4) is 0 Å². The Hall–Kier alpha value is -1.35. The van der Waals surface area contributed by atoms with Gasteiger partial charge in [-0.15, -0.1) is 0 Å². The first-order chi connectivity index (χ1) is 9.74. The molecule has 0 saturated carbocycles. The average molecular weight is 287 g/mol. The van der Waals surface area contributed by atoms with E-state index in [1.54, 1.807) is 0 Å². The highest BCUT2D eigenvalue weighted by Crippen LogP contribution is 2.28. The molecule has 0 unspecified atom stereocenters. The van der Waals surface area contributed by atoms with Crippen molar-refractivity contribution in [3.05, 3.63) is 70.7 Å². The number of nitrogens with two attached hydrogens (primary N) is 1. The molecule has 1 heterocycles. The lowest BCUT2D eigenvalue weighted by Crippen LogP contribution is -2.28. The molecule has 1 aliphatic rings. The van der Waals surface area contributed by atoms with Crippen molar-refractivity contribution in [3.8, 4) is 0 Å². The topological polar surface area (TPSA) is 29.3 Å². The number of hydrogen-bond donors (Lipinski definition) is 1. The zero-order chi connectivity index (χ0) is 13.9. The Morgan fingerprint density at radius 2 is 1.70 bits per heavy atom. The van der Waals surface area contributed by atoms with E-state index in [0.717, 1.165) is 24.7 Å². The van der Waals surface area contributed by atoms with Gasteiger partial charge in [-0.3, -0.25) is 4.90 Å². The van der Waals surface area contributed by atoms with E-state index < -0.39 is 0 Å². The summed E-state index contributed by atoms with van der Waals surface area (Å²) < 4.78 is 0. The quantitative estimate of drug-likeness (QED) is 0.938. The van der Waals surface area contributed by atoms with Crippen LogP contribution >= 0.6 is 11.6 Å². The summed E-state index contributed by atoms with van der Waals surface area (Å²) in [6.07, 6.45) is 0. The van der Waals surface area contributed by atoms with Crippen LogP contribution in [-0.2, 0) is 6.54 Å². The number of nitrogens with zero attached hydrogens (tertiary/aromatic N) is 1. The van der Waals surface area contributed by atoms with Gasteiger partial charge in [-0.2, -0.15) is 0 Å². The summed E-state index contributed by atoms with van der Waals surface area (Å²) in [6, 6.07) is 18.8. The summed E-state index contributed by atoms with van der Waals surface area (Å²) in [4.78, 5) is 2.39.